The van der Waals surface area contributed by atoms with Gasteiger partial charge in [-0.2, -0.15) is 13.2 Å². The zero-order valence-corrected chi connectivity index (χ0v) is 25.0. The van der Waals surface area contributed by atoms with E-state index in [0.717, 1.165) is 41.6 Å². The molecule has 1 N–H and O–H groups in total. The van der Waals surface area contributed by atoms with E-state index in [9.17, 15) is 31.9 Å². The number of likely N-dealkylation sites (tertiary alicyclic amines) is 1. The van der Waals surface area contributed by atoms with Gasteiger partial charge in [0.15, 0.2) is 0 Å². The van der Waals surface area contributed by atoms with E-state index in [1.165, 1.54) is 4.90 Å². The maximum absolute atomic E-state index is 14.9. The summed E-state index contributed by atoms with van der Waals surface area (Å²) in [5.41, 5.74) is 0.707. The lowest BCUT2D eigenvalue weighted by atomic mass is 10.0. The number of anilines is 1. The number of thioether (sulfide) groups is 1. The topological polar surface area (TPSA) is 73.0 Å². The zero-order valence-electron chi connectivity index (χ0n) is 24.2. The largest absolute Gasteiger partial charge is 0.416 e. The Bertz CT molecular complexity index is 1370. The van der Waals surface area contributed by atoms with Crippen LogP contribution in [0.15, 0.2) is 42.5 Å². The SMILES string of the molecule is CC(C)CCN1C(=O)C(CC(=O)N2CCC(N3CCc4ccccc4NC3=O)CC2)SC1c1cc(C(F)(F)F)ccc1F.[HH]. The molecule has 2 saturated heterocycles. The molecule has 0 aliphatic carbocycles. The highest BCUT2D eigenvalue weighted by Crippen LogP contribution is 2.46. The van der Waals surface area contributed by atoms with Crippen molar-refractivity contribution in [3.8, 4) is 0 Å². The number of benzene rings is 2. The number of carbonyl (C=O) groups excluding carboxylic acids is 3. The summed E-state index contributed by atoms with van der Waals surface area (Å²) in [6.07, 6.45) is -2.26. The summed E-state index contributed by atoms with van der Waals surface area (Å²) in [6, 6.07) is 9.78. The lowest BCUT2D eigenvalue weighted by Crippen LogP contribution is -2.50. The highest BCUT2D eigenvalue weighted by molar-refractivity contribution is 8.01. The van der Waals surface area contributed by atoms with Gasteiger partial charge in [0.05, 0.1) is 10.8 Å². The molecule has 234 valence electrons. The minimum absolute atomic E-state index is 0. The number of nitrogens with one attached hydrogen (secondary N) is 1. The highest BCUT2D eigenvalue weighted by Gasteiger charge is 2.44. The quantitative estimate of drug-likeness (QED) is 0.356. The van der Waals surface area contributed by atoms with Crippen LogP contribution in [0, 0.1) is 11.7 Å². The number of nitrogens with zero attached hydrogens (tertiary/aromatic N) is 3. The van der Waals surface area contributed by atoms with E-state index in [4.69, 9.17) is 0 Å². The maximum atomic E-state index is 14.9. The van der Waals surface area contributed by atoms with Gasteiger partial charge in [-0.1, -0.05) is 32.0 Å². The molecule has 0 aromatic heterocycles. The Kier molecular flexibility index (Phi) is 9.24. The predicted molar refractivity (Wildman–Crippen MR) is 159 cm³/mol. The molecule has 43 heavy (non-hydrogen) atoms. The molecule has 0 bridgehead atoms. The van der Waals surface area contributed by atoms with Gasteiger partial charge in [-0.05, 0) is 61.4 Å². The molecule has 0 radical (unpaired) electrons. The minimum Gasteiger partial charge on any atom is -0.342 e. The lowest BCUT2D eigenvalue weighted by Gasteiger charge is -2.38. The van der Waals surface area contributed by atoms with Crippen LogP contribution in [-0.2, 0) is 22.2 Å². The van der Waals surface area contributed by atoms with Gasteiger partial charge in [-0.25, -0.2) is 9.18 Å². The molecule has 2 aromatic rings. The second kappa shape index (κ2) is 12.8. The molecule has 0 spiro atoms. The van der Waals surface area contributed by atoms with Crippen molar-refractivity contribution >= 4 is 35.3 Å². The fraction of sp³-hybridized carbons (Fsp3) is 0.516. The second-order valence-electron chi connectivity index (χ2n) is 11.8. The molecule has 4 amide bonds. The Balaban J connectivity index is 0.00000442. The fourth-order valence-corrected chi connectivity index (χ4v) is 7.44. The molecule has 2 fully saturated rings. The van der Waals surface area contributed by atoms with Gasteiger partial charge in [0.2, 0.25) is 11.8 Å². The van der Waals surface area contributed by atoms with E-state index >= 15 is 0 Å². The molecule has 5 rings (SSSR count). The first-order valence-electron chi connectivity index (χ1n) is 14.7. The van der Waals surface area contributed by atoms with Crippen LogP contribution in [0.25, 0.3) is 0 Å². The molecule has 2 atom stereocenters. The summed E-state index contributed by atoms with van der Waals surface area (Å²) in [5, 5.41) is 1.20. The van der Waals surface area contributed by atoms with E-state index in [1.54, 1.807) is 4.90 Å². The molecule has 2 aromatic carbocycles. The van der Waals surface area contributed by atoms with Crippen molar-refractivity contribution in [2.75, 3.05) is 31.5 Å². The zero-order chi connectivity index (χ0) is 30.9. The van der Waals surface area contributed by atoms with E-state index in [-0.39, 0.29) is 49.8 Å². The third-order valence-electron chi connectivity index (χ3n) is 8.43. The van der Waals surface area contributed by atoms with Gasteiger partial charge in [0.1, 0.15) is 11.2 Å². The van der Waals surface area contributed by atoms with Crippen LogP contribution in [0.3, 0.4) is 0 Å². The number of hydrogen-bond donors (Lipinski definition) is 1. The smallest absolute Gasteiger partial charge is 0.342 e. The Labute approximate surface area is 254 Å². The molecule has 3 aliphatic rings. The lowest BCUT2D eigenvalue weighted by molar-refractivity contribution is -0.138. The second-order valence-corrected chi connectivity index (χ2v) is 13.1. The minimum atomic E-state index is -4.65. The van der Waals surface area contributed by atoms with Crippen LogP contribution in [0.5, 0.6) is 0 Å². The highest BCUT2D eigenvalue weighted by atomic mass is 32.2. The molecular weight excluding hydrogens is 584 g/mol. The number of fused-ring (bicyclic) bond motifs is 1. The number of piperidine rings is 1. The van der Waals surface area contributed by atoms with Gasteiger partial charge >= 0.3 is 12.2 Å². The summed E-state index contributed by atoms with van der Waals surface area (Å²) in [7, 11) is 0. The summed E-state index contributed by atoms with van der Waals surface area (Å²) in [5.74, 6) is -1.20. The average molecular weight is 623 g/mol. The first-order valence-corrected chi connectivity index (χ1v) is 15.6. The predicted octanol–water partition coefficient (Wildman–Crippen LogP) is 6.55. The molecular formula is C31H38F4N4O3S. The van der Waals surface area contributed by atoms with Gasteiger partial charge in [-0.3, -0.25) is 9.59 Å². The van der Waals surface area contributed by atoms with Crippen LogP contribution < -0.4 is 5.32 Å². The third-order valence-corrected chi connectivity index (χ3v) is 9.89. The third kappa shape index (κ3) is 6.94. The maximum Gasteiger partial charge on any atom is 0.416 e. The van der Waals surface area contributed by atoms with Crippen LogP contribution >= 0.6 is 11.8 Å². The molecule has 7 nitrogen and oxygen atoms in total. The monoisotopic (exact) mass is 622 g/mol. The molecule has 2 unspecified atom stereocenters. The van der Waals surface area contributed by atoms with Crippen molar-refractivity contribution in [3.05, 3.63) is 65.0 Å². The van der Waals surface area contributed by atoms with Crippen LogP contribution in [-0.4, -0.2) is 70.0 Å². The van der Waals surface area contributed by atoms with Crippen molar-refractivity contribution in [3.63, 3.8) is 0 Å². The first-order chi connectivity index (χ1) is 20.4. The fourth-order valence-electron chi connectivity index (χ4n) is 5.95. The summed E-state index contributed by atoms with van der Waals surface area (Å²) < 4.78 is 55.2. The van der Waals surface area contributed by atoms with E-state index < -0.39 is 28.2 Å². The van der Waals surface area contributed by atoms with Gasteiger partial charge in [0.25, 0.3) is 0 Å². The van der Waals surface area contributed by atoms with Gasteiger partial charge in [-0.15, -0.1) is 11.8 Å². The normalized spacial score (nSPS) is 21.7. The van der Waals surface area contributed by atoms with E-state index in [2.05, 4.69) is 5.32 Å². The van der Waals surface area contributed by atoms with Crippen LogP contribution in [0.4, 0.5) is 28.0 Å². The van der Waals surface area contributed by atoms with Crippen molar-refractivity contribution in [1.82, 2.24) is 14.7 Å². The van der Waals surface area contributed by atoms with Crippen LogP contribution in [0.2, 0.25) is 0 Å². The molecule has 3 aliphatic heterocycles. The van der Waals surface area contributed by atoms with Crippen LogP contribution in [0.1, 0.15) is 63.0 Å². The van der Waals surface area contributed by atoms with Crippen molar-refractivity contribution in [2.45, 2.75) is 68.8 Å². The van der Waals surface area contributed by atoms with Crippen molar-refractivity contribution in [2.24, 2.45) is 5.92 Å². The van der Waals surface area contributed by atoms with E-state index in [0.29, 0.717) is 45.0 Å². The summed E-state index contributed by atoms with van der Waals surface area (Å²) in [6.45, 7) is 5.61. The number of hydrogen-bond acceptors (Lipinski definition) is 4. The van der Waals surface area contributed by atoms with Gasteiger partial charge in [0, 0.05) is 51.3 Å². The first kappa shape index (κ1) is 31.2. The average Bonchev–Trinajstić information content (AvgIpc) is 3.15. The molecule has 12 heteroatoms. The number of alkyl halides is 3. The van der Waals surface area contributed by atoms with E-state index in [1.807, 2.05) is 43.0 Å². The Morgan fingerprint density at radius 3 is 2.51 bits per heavy atom. The van der Waals surface area contributed by atoms with Crippen molar-refractivity contribution < 1.29 is 33.4 Å². The number of rotatable bonds is 7. The van der Waals surface area contributed by atoms with Crippen molar-refractivity contribution in [1.29, 1.82) is 0 Å². The number of amides is 4. The Morgan fingerprint density at radius 2 is 1.81 bits per heavy atom. The molecule has 0 saturated carbocycles. The Morgan fingerprint density at radius 1 is 1.09 bits per heavy atom. The number of urea groups is 1. The summed E-state index contributed by atoms with van der Waals surface area (Å²) >= 11 is 1.04. The summed E-state index contributed by atoms with van der Waals surface area (Å²) in [4.78, 5) is 44.7. The number of para-hydroxylation sites is 1. The standard InChI is InChI=1S/C31H36F4N4O3S.H2/c1-19(2)9-15-39-28(41)26(43-29(39)23-17-21(31(33,34)35)7-8-24(23)32)18-27(40)37-13-11-22(12-14-37)38-16-10-20-5-3-4-6-25(20)36-30(38)42;/h3-8,17,19,22,26,29H,9-16,18H2,1-2H3,(H,36,42);1H. The Hall–Kier alpha value is -3.28. The number of carbonyl (C=O) groups is 3. The number of halogens is 4. The molecule has 3 heterocycles. The van der Waals surface area contributed by atoms with Gasteiger partial charge < -0.3 is 20.0 Å².